The normalized spacial score (nSPS) is 10.1. The summed E-state index contributed by atoms with van der Waals surface area (Å²) in [5, 5.41) is 10.7. The van der Waals surface area contributed by atoms with E-state index in [-0.39, 0.29) is 11.6 Å². The van der Waals surface area contributed by atoms with E-state index >= 15 is 0 Å². The predicted molar refractivity (Wildman–Crippen MR) is 70.6 cm³/mol. The molecule has 0 aliphatic carbocycles. The Labute approximate surface area is 118 Å². The van der Waals surface area contributed by atoms with Gasteiger partial charge >= 0.3 is 0 Å². The van der Waals surface area contributed by atoms with E-state index in [0.29, 0.717) is 14.7 Å². The third-order valence-corrected chi connectivity index (χ3v) is 2.92. The Balaban J connectivity index is 2.35. The van der Waals surface area contributed by atoms with Crippen LogP contribution in [0.3, 0.4) is 0 Å². The molecule has 0 unspecified atom stereocenters. The quantitative estimate of drug-likeness (QED) is 0.604. The second-order valence-corrected chi connectivity index (χ2v) is 4.95. The lowest BCUT2D eigenvalue weighted by Crippen LogP contribution is -1.92. The molecule has 0 amide bonds. The number of nitro benzene ring substituents is 1. The lowest BCUT2D eigenvalue weighted by atomic mass is 10.3. The molecule has 0 spiro atoms. The van der Waals surface area contributed by atoms with E-state index < -0.39 is 4.92 Å². The van der Waals surface area contributed by atoms with Gasteiger partial charge in [0.15, 0.2) is 0 Å². The molecule has 0 bridgehead atoms. The molecule has 0 aliphatic heterocycles. The predicted octanol–water partition coefficient (Wildman–Crippen LogP) is 3.70. The second kappa shape index (κ2) is 5.40. The Morgan fingerprint density at radius 2 is 2.06 bits per heavy atom. The highest BCUT2D eigenvalue weighted by Gasteiger charge is 2.11. The zero-order chi connectivity index (χ0) is 13.1. The van der Waals surface area contributed by atoms with Crippen LogP contribution < -0.4 is 4.74 Å². The fourth-order valence-corrected chi connectivity index (χ4v) is 1.96. The molecule has 0 N–H and O–H groups in total. The molecule has 18 heavy (non-hydrogen) atoms. The minimum absolute atomic E-state index is 0.0652. The van der Waals surface area contributed by atoms with Crippen LogP contribution in [0.25, 0.3) is 0 Å². The Bertz CT molecular complexity index is 607. The summed E-state index contributed by atoms with van der Waals surface area (Å²) in [6.07, 6.45) is 2.85. The van der Waals surface area contributed by atoms with Crippen LogP contribution in [0.5, 0.6) is 11.6 Å². The molecule has 2 aromatic rings. The molecule has 0 saturated heterocycles. The van der Waals surface area contributed by atoms with Gasteiger partial charge in [-0.05, 0) is 22.0 Å². The molecule has 0 fully saturated rings. The first-order chi connectivity index (χ1) is 8.56. The molecule has 8 heteroatoms. The van der Waals surface area contributed by atoms with E-state index in [1.165, 1.54) is 24.7 Å². The van der Waals surface area contributed by atoms with Crippen molar-refractivity contribution in [1.29, 1.82) is 0 Å². The topological polar surface area (TPSA) is 78.2 Å². The molecule has 92 valence electrons. The number of non-ortho nitro benzene ring substituents is 1. The minimum Gasteiger partial charge on any atom is -0.437 e. The number of benzene rings is 1. The van der Waals surface area contributed by atoms with Gasteiger partial charge in [-0.25, -0.2) is 9.97 Å². The van der Waals surface area contributed by atoms with Crippen LogP contribution in [-0.4, -0.2) is 14.9 Å². The van der Waals surface area contributed by atoms with Crippen LogP contribution in [-0.2, 0) is 0 Å². The van der Waals surface area contributed by atoms with Crippen molar-refractivity contribution in [3.8, 4) is 11.6 Å². The van der Waals surface area contributed by atoms with Gasteiger partial charge in [0.1, 0.15) is 12.1 Å². The van der Waals surface area contributed by atoms with Gasteiger partial charge in [0.2, 0.25) is 5.88 Å². The van der Waals surface area contributed by atoms with E-state index in [2.05, 4.69) is 41.8 Å². The largest absolute Gasteiger partial charge is 0.437 e. The molecule has 1 aromatic heterocycles. The van der Waals surface area contributed by atoms with E-state index in [1.54, 1.807) is 6.07 Å². The summed E-state index contributed by atoms with van der Waals surface area (Å²) in [5.41, 5.74) is -0.0652. The Morgan fingerprint density at radius 1 is 1.28 bits per heavy atom. The van der Waals surface area contributed by atoms with Gasteiger partial charge in [-0.3, -0.25) is 10.1 Å². The van der Waals surface area contributed by atoms with Crippen molar-refractivity contribution in [3.63, 3.8) is 0 Å². The van der Waals surface area contributed by atoms with Gasteiger partial charge in [-0.1, -0.05) is 15.9 Å². The van der Waals surface area contributed by atoms with Crippen molar-refractivity contribution < 1.29 is 9.66 Å². The second-order valence-electron chi connectivity index (χ2n) is 3.18. The van der Waals surface area contributed by atoms with Gasteiger partial charge in [-0.2, -0.15) is 0 Å². The summed E-state index contributed by atoms with van der Waals surface area (Å²) in [6, 6.07) is 4.32. The van der Waals surface area contributed by atoms with Gasteiger partial charge < -0.3 is 4.74 Å². The summed E-state index contributed by atoms with van der Waals surface area (Å²) in [5.74, 6) is 0.605. The highest BCUT2D eigenvalue weighted by atomic mass is 79.9. The first-order valence-corrected chi connectivity index (χ1v) is 6.23. The zero-order valence-electron chi connectivity index (χ0n) is 8.71. The van der Waals surface area contributed by atoms with Crippen LogP contribution in [0.1, 0.15) is 0 Å². The van der Waals surface area contributed by atoms with Gasteiger partial charge in [0, 0.05) is 16.7 Å². The average Bonchev–Trinajstić information content (AvgIpc) is 2.31. The molecule has 0 radical (unpaired) electrons. The Kier molecular flexibility index (Phi) is 3.87. The summed E-state index contributed by atoms with van der Waals surface area (Å²) in [4.78, 5) is 17.9. The van der Waals surface area contributed by atoms with Crippen molar-refractivity contribution in [3.05, 3.63) is 49.8 Å². The van der Waals surface area contributed by atoms with Crippen molar-refractivity contribution in [1.82, 2.24) is 9.97 Å². The molecule has 0 atom stereocenters. The van der Waals surface area contributed by atoms with E-state index in [4.69, 9.17) is 4.74 Å². The fourth-order valence-electron chi connectivity index (χ4n) is 1.20. The summed E-state index contributed by atoms with van der Waals surface area (Å²) in [6.45, 7) is 0. The number of aromatic nitrogens is 2. The maximum Gasteiger partial charge on any atom is 0.274 e. The zero-order valence-corrected chi connectivity index (χ0v) is 11.9. The van der Waals surface area contributed by atoms with Gasteiger partial charge in [0.25, 0.3) is 5.69 Å². The lowest BCUT2D eigenvalue weighted by Gasteiger charge is -2.06. The van der Waals surface area contributed by atoms with E-state index in [0.717, 1.165) is 0 Å². The molecule has 6 nitrogen and oxygen atoms in total. The number of hydrogen-bond acceptors (Lipinski definition) is 5. The molecule has 0 aliphatic rings. The number of halogens is 2. The molecule has 0 saturated carbocycles. The van der Waals surface area contributed by atoms with Crippen LogP contribution in [0.15, 0.2) is 39.7 Å². The van der Waals surface area contributed by atoms with E-state index in [1.807, 2.05) is 0 Å². The van der Waals surface area contributed by atoms with Gasteiger partial charge in [-0.15, -0.1) is 0 Å². The minimum atomic E-state index is -0.493. The summed E-state index contributed by atoms with van der Waals surface area (Å²) >= 11 is 6.41. The van der Waals surface area contributed by atoms with Crippen LogP contribution in [0.2, 0.25) is 0 Å². The maximum absolute atomic E-state index is 10.7. The van der Waals surface area contributed by atoms with E-state index in [9.17, 15) is 10.1 Å². The number of nitrogens with zero attached hydrogens (tertiary/aromatic N) is 3. The number of ether oxygens (including phenoxy) is 1. The van der Waals surface area contributed by atoms with Gasteiger partial charge in [0.05, 0.1) is 15.5 Å². The van der Waals surface area contributed by atoms with Crippen molar-refractivity contribution in [2.75, 3.05) is 0 Å². The SMILES string of the molecule is O=[N+]([O-])c1cc(Br)cc(Oc2ncncc2Br)c1. The third kappa shape index (κ3) is 3.02. The molecular weight excluding hydrogens is 370 g/mol. The summed E-state index contributed by atoms with van der Waals surface area (Å²) in [7, 11) is 0. The lowest BCUT2D eigenvalue weighted by molar-refractivity contribution is -0.385. The maximum atomic E-state index is 10.7. The average molecular weight is 375 g/mol. The van der Waals surface area contributed by atoms with Crippen LogP contribution in [0, 0.1) is 10.1 Å². The smallest absolute Gasteiger partial charge is 0.274 e. The molecule has 2 rings (SSSR count). The fraction of sp³-hybridized carbons (Fsp3) is 0. The number of hydrogen-bond donors (Lipinski definition) is 0. The van der Waals surface area contributed by atoms with Crippen molar-refractivity contribution in [2.24, 2.45) is 0 Å². The molecular formula is C10H5Br2N3O3. The van der Waals surface area contributed by atoms with Crippen LogP contribution >= 0.6 is 31.9 Å². The van der Waals surface area contributed by atoms with Crippen molar-refractivity contribution in [2.45, 2.75) is 0 Å². The monoisotopic (exact) mass is 373 g/mol. The first kappa shape index (κ1) is 12.9. The highest BCUT2D eigenvalue weighted by Crippen LogP contribution is 2.31. The standard InChI is InChI=1S/C10H5Br2N3O3/c11-6-1-7(15(16)17)3-8(2-6)18-10-9(12)4-13-5-14-10/h1-5H. The third-order valence-electron chi connectivity index (χ3n) is 1.92. The number of rotatable bonds is 3. The Hall–Kier alpha value is -1.54. The van der Waals surface area contributed by atoms with Crippen LogP contribution in [0.4, 0.5) is 5.69 Å². The summed E-state index contributed by atoms with van der Waals surface area (Å²) < 4.78 is 6.56. The highest BCUT2D eigenvalue weighted by molar-refractivity contribution is 9.10. The molecule has 1 aromatic carbocycles. The Morgan fingerprint density at radius 3 is 2.72 bits per heavy atom. The molecule has 1 heterocycles. The first-order valence-electron chi connectivity index (χ1n) is 4.64. The number of nitro groups is 1. The van der Waals surface area contributed by atoms with Crippen molar-refractivity contribution >= 4 is 37.5 Å².